The van der Waals surface area contributed by atoms with Crippen molar-refractivity contribution in [3.8, 4) is 0 Å². The van der Waals surface area contributed by atoms with E-state index in [1.165, 1.54) is 7.11 Å². The van der Waals surface area contributed by atoms with Crippen molar-refractivity contribution >= 4 is 6.16 Å². The molecule has 2 aliphatic rings. The highest BCUT2D eigenvalue weighted by atomic mass is 16.8. The first-order valence-corrected chi connectivity index (χ1v) is 5.25. The molecule has 16 heavy (non-hydrogen) atoms. The minimum atomic E-state index is -1.06. The Bertz CT molecular complexity index is 291. The molecule has 0 aromatic rings. The summed E-state index contributed by atoms with van der Waals surface area (Å²) in [6.45, 7) is 3.40. The van der Waals surface area contributed by atoms with Gasteiger partial charge in [-0.1, -0.05) is 0 Å². The van der Waals surface area contributed by atoms with Crippen LogP contribution in [0.1, 0.15) is 20.3 Å². The maximum Gasteiger partial charge on any atom is 0.509 e. The summed E-state index contributed by atoms with van der Waals surface area (Å²) in [5, 5.41) is 9.82. The van der Waals surface area contributed by atoms with E-state index in [0.717, 1.165) is 0 Å². The maximum absolute atomic E-state index is 11.2. The van der Waals surface area contributed by atoms with Crippen LogP contribution in [0, 0.1) is 0 Å². The molecular weight excluding hydrogens is 216 g/mol. The number of ether oxygens (including phenoxy) is 4. The molecule has 5 unspecified atom stereocenters. The number of aliphatic hydroxyl groups is 1. The largest absolute Gasteiger partial charge is 0.509 e. The molecule has 5 atom stereocenters. The lowest BCUT2D eigenvalue weighted by atomic mass is 9.83. The van der Waals surface area contributed by atoms with Gasteiger partial charge in [-0.25, -0.2) is 4.79 Å². The second-order valence-corrected chi connectivity index (χ2v) is 4.28. The van der Waals surface area contributed by atoms with Crippen molar-refractivity contribution in [2.75, 3.05) is 7.11 Å². The number of carbonyl (C=O) groups excluding carboxylic acids is 1. The molecule has 2 aliphatic heterocycles. The molecule has 0 amide bonds. The first-order valence-electron chi connectivity index (χ1n) is 5.25. The Morgan fingerprint density at radius 2 is 2.31 bits per heavy atom. The summed E-state index contributed by atoms with van der Waals surface area (Å²) in [7, 11) is 1.46. The van der Waals surface area contributed by atoms with Gasteiger partial charge in [-0.2, -0.15) is 0 Å². The molecule has 0 radical (unpaired) electrons. The van der Waals surface area contributed by atoms with Crippen molar-refractivity contribution in [3.05, 3.63) is 0 Å². The zero-order chi connectivity index (χ0) is 11.9. The van der Waals surface area contributed by atoms with Crippen LogP contribution >= 0.6 is 0 Å². The SMILES string of the molecule is COC1OC(C)CC2(C(C)O)OC(=O)OC12. The van der Waals surface area contributed by atoms with Crippen LogP contribution < -0.4 is 0 Å². The van der Waals surface area contributed by atoms with Crippen LogP contribution in [0.15, 0.2) is 0 Å². The molecular formula is C10H16O6. The number of aliphatic hydroxyl groups excluding tert-OH is 1. The van der Waals surface area contributed by atoms with Gasteiger partial charge in [0.05, 0.1) is 12.2 Å². The molecule has 2 saturated heterocycles. The lowest BCUT2D eigenvalue weighted by Gasteiger charge is -2.42. The average Bonchev–Trinajstić information content (AvgIpc) is 2.54. The van der Waals surface area contributed by atoms with E-state index >= 15 is 0 Å². The van der Waals surface area contributed by atoms with Gasteiger partial charge in [0.2, 0.25) is 0 Å². The van der Waals surface area contributed by atoms with Crippen LogP contribution in [0.5, 0.6) is 0 Å². The Morgan fingerprint density at radius 1 is 1.62 bits per heavy atom. The summed E-state index contributed by atoms with van der Waals surface area (Å²) in [6.07, 6.45) is -2.84. The standard InChI is InChI=1S/C10H16O6/c1-5-4-10(6(2)11)7(8(13-3)14-5)15-9(12)16-10/h5-8,11H,4H2,1-3H3. The molecule has 2 heterocycles. The molecule has 6 heteroatoms. The third-order valence-corrected chi connectivity index (χ3v) is 3.14. The third kappa shape index (κ3) is 1.57. The Balaban J connectivity index is 2.32. The van der Waals surface area contributed by atoms with Gasteiger partial charge >= 0.3 is 6.16 Å². The van der Waals surface area contributed by atoms with E-state index in [4.69, 9.17) is 18.9 Å². The molecule has 92 valence electrons. The number of fused-ring (bicyclic) bond motifs is 1. The predicted octanol–water partition coefficient (Wildman–Crippen LogP) is 0.423. The van der Waals surface area contributed by atoms with Gasteiger partial charge in [0.25, 0.3) is 0 Å². The first kappa shape index (κ1) is 11.6. The van der Waals surface area contributed by atoms with Crippen molar-refractivity contribution < 1.29 is 28.8 Å². The minimum absolute atomic E-state index is 0.176. The Kier molecular flexibility index (Phi) is 2.81. The van der Waals surface area contributed by atoms with Gasteiger partial charge in [-0.05, 0) is 13.8 Å². The molecule has 2 rings (SSSR count). The van der Waals surface area contributed by atoms with Crippen LogP contribution in [-0.2, 0) is 18.9 Å². The average molecular weight is 232 g/mol. The van der Waals surface area contributed by atoms with Crippen molar-refractivity contribution in [1.29, 1.82) is 0 Å². The molecule has 0 saturated carbocycles. The number of hydrogen-bond acceptors (Lipinski definition) is 6. The normalized spacial score (nSPS) is 44.5. The van der Waals surface area contributed by atoms with Crippen molar-refractivity contribution in [3.63, 3.8) is 0 Å². The summed E-state index contributed by atoms with van der Waals surface area (Å²) in [5.74, 6) is 0. The van der Waals surface area contributed by atoms with E-state index in [1.54, 1.807) is 6.92 Å². The van der Waals surface area contributed by atoms with E-state index in [9.17, 15) is 9.90 Å². The molecule has 0 aromatic carbocycles. The Hall–Kier alpha value is -0.850. The molecule has 0 aliphatic carbocycles. The first-order chi connectivity index (χ1) is 7.49. The summed E-state index contributed by atoms with van der Waals surface area (Å²) < 4.78 is 20.7. The molecule has 2 fully saturated rings. The second-order valence-electron chi connectivity index (χ2n) is 4.28. The smallest absolute Gasteiger partial charge is 0.421 e. The molecule has 0 spiro atoms. The van der Waals surface area contributed by atoms with E-state index < -0.39 is 30.3 Å². The van der Waals surface area contributed by atoms with E-state index in [0.29, 0.717) is 6.42 Å². The monoisotopic (exact) mass is 232 g/mol. The summed E-state index contributed by atoms with van der Waals surface area (Å²) >= 11 is 0. The Labute approximate surface area is 93.4 Å². The second kappa shape index (κ2) is 3.87. The van der Waals surface area contributed by atoms with Gasteiger partial charge in [-0.3, -0.25) is 0 Å². The van der Waals surface area contributed by atoms with Crippen molar-refractivity contribution in [2.45, 2.75) is 50.5 Å². The van der Waals surface area contributed by atoms with Gasteiger partial charge in [0, 0.05) is 13.5 Å². The fourth-order valence-electron chi connectivity index (χ4n) is 2.35. The molecule has 0 bridgehead atoms. The highest BCUT2D eigenvalue weighted by Gasteiger charge is 2.62. The highest BCUT2D eigenvalue weighted by molar-refractivity contribution is 5.64. The summed E-state index contributed by atoms with van der Waals surface area (Å²) in [4.78, 5) is 11.2. The fourth-order valence-corrected chi connectivity index (χ4v) is 2.35. The van der Waals surface area contributed by atoms with E-state index in [-0.39, 0.29) is 6.10 Å². The van der Waals surface area contributed by atoms with Gasteiger partial charge in [0.1, 0.15) is 0 Å². The van der Waals surface area contributed by atoms with Crippen molar-refractivity contribution in [1.82, 2.24) is 0 Å². The van der Waals surface area contributed by atoms with Crippen LogP contribution in [0.4, 0.5) is 4.79 Å². The van der Waals surface area contributed by atoms with E-state index in [2.05, 4.69) is 0 Å². The number of hydrogen-bond donors (Lipinski definition) is 1. The quantitative estimate of drug-likeness (QED) is 0.696. The van der Waals surface area contributed by atoms with Gasteiger partial charge in [-0.15, -0.1) is 0 Å². The maximum atomic E-state index is 11.2. The van der Waals surface area contributed by atoms with Crippen LogP contribution in [0.2, 0.25) is 0 Å². The minimum Gasteiger partial charge on any atom is -0.421 e. The van der Waals surface area contributed by atoms with Gasteiger partial charge in [0.15, 0.2) is 18.0 Å². The lowest BCUT2D eigenvalue weighted by Crippen LogP contribution is -2.60. The summed E-state index contributed by atoms with van der Waals surface area (Å²) in [6, 6.07) is 0. The number of carbonyl (C=O) groups is 1. The zero-order valence-electron chi connectivity index (χ0n) is 9.50. The van der Waals surface area contributed by atoms with Crippen LogP contribution in [0.25, 0.3) is 0 Å². The van der Waals surface area contributed by atoms with Crippen LogP contribution in [0.3, 0.4) is 0 Å². The molecule has 6 nitrogen and oxygen atoms in total. The predicted molar refractivity (Wildman–Crippen MR) is 51.7 cm³/mol. The van der Waals surface area contributed by atoms with E-state index in [1.807, 2.05) is 6.92 Å². The zero-order valence-corrected chi connectivity index (χ0v) is 9.50. The summed E-state index contributed by atoms with van der Waals surface area (Å²) in [5.41, 5.74) is -1.06. The highest BCUT2D eigenvalue weighted by Crippen LogP contribution is 2.41. The van der Waals surface area contributed by atoms with Crippen LogP contribution in [-0.4, -0.2) is 48.6 Å². The topological polar surface area (TPSA) is 74.2 Å². The molecule has 0 aromatic heterocycles. The third-order valence-electron chi connectivity index (χ3n) is 3.14. The van der Waals surface area contributed by atoms with Crippen molar-refractivity contribution in [2.24, 2.45) is 0 Å². The van der Waals surface area contributed by atoms with Gasteiger partial charge < -0.3 is 24.1 Å². The number of rotatable bonds is 2. The Morgan fingerprint density at radius 3 is 2.88 bits per heavy atom. The number of methoxy groups -OCH3 is 1. The fraction of sp³-hybridized carbons (Fsp3) is 0.900. The lowest BCUT2D eigenvalue weighted by molar-refractivity contribution is -0.266. The molecule has 1 N–H and O–H groups in total.